The summed E-state index contributed by atoms with van der Waals surface area (Å²) in [5, 5.41) is 0. The minimum Gasteiger partial charge on any atom is -0.474 e. The first kappa shape index (κ1) is 15.2. The van der Waals surface area contributed by atoms with Crippen molar-refractivity contribution < 1.29 is 4.74 Å². The Hall–Kier alpha value is -2.30. The maximum atomic E-state index is 12.6. The Labute approximate surface area is 140 Å². The molecule has 0 unspecified atom stereocenters. The van der Waals surface area contributed by atoms with Gasteiger partial charge >= 0.3 is 0 Å². The molecule has 1 saturated carbocycles. The van der Waals surface area contributed by atoms with E-state index in [1.54, 1.807) is 4.57 Å². The van der Waals surface area contributed by atoms with E-state index in [1.165, 1.54) is 25.7 Å². The standard InChI is InChI=1S/C19H23N3O2/c1-2-21-15-11-12-17(24-14-8-5-3-4-6-9-14)20-18(15)22-13-7-10-16(22)19(21)23/h7,10-14H,2-6,8-9H2,1H3. The van der Waals surface area contributed by atoms with Gasteiger partial charge in [0.2, 0.25) is 5.88 Å². The number of rotatable bonds is 3. The van der Waals surface area contributed by atoms with Gasteiger partial charge < -0.3 is 9.30 Å². The van der Waals surface area contributed by atoms with Crippen molar-refractivity contribution in [1.29, 1.82) is 0 Å². The average Bonchev–Trinajstić information content (AvgIpc) is 2.96. The highest BCUT2D eigenvalue weighted by molar-refractivity contribution is 5.75. The summed E-state index contributed by atoms with van der Waals surface area (Å²) in [6.07, 6.45) is 9.43. The smallest absolute Gasteiger partial charge is 0.275 e. The second-order valence-corrected chi connectivity index (χ2v) is 6.54. The SMILES string of the molecule is CCn1c(=O)c2cccn2c2nc(OC3CCCCCC3)ccc21. The zero-order valence-corrected chi connectivity index (χ0v) is 14.1. The van der Waals surface area contributed by atoms with E-state index in [0.717, 1.165) is 24.0 Å². The van der Waals surface area contributed by atoms with Crippen molar-refractivity contribution in [3.63, 3.8) is 0 Å². The van der Waals surface area contributed by atoms with Crippen LogP contribution in [-0.2, 0) is 6.54 Å². The first-order valence-corrected chi connectivity index (χ1v) is 8.95. The van der Waals surface area contributed by atoms with Gasteiger partial charge in [-0.05, 0) is 50.8 Å². The molecular formula is C19H23N3O2. The zero-order valence-electron chi connectivity index (χ0n) is 14.1. The fraction of sp³-hybridized carbons (Fsp3) is 0.474. The highest BCUT2D eigenvalue weighted by atomic mass is 16.5. The molecule has 5 heteroatoms. The summed E-state index contributed by atoms with van der Waals surface area (Å²) in [5.41, 5.74) is 2.31. The topological polar surface area (TPSA) is 48.5 Å². The van der Waals surface area contributed by atoms with Crippen molar-refractivity contribution in [3.8, 4) is 5.88 Å². The van der Waals surface area contributed by atoms with Crippen molar-refractivity contribution in [3.05, 3.63) is 40.8 Å². The van der Waals surface area contributed by atoms with E-state index in [1.807, 2.05) is 41.8 Å². The minimum atomic E-state index is 0.0224. The van der Waals surface area contributed by atoms with Crippen LogP contribution in [0.25, 0.3) is 16.7 Å². The van der Waals surface area contributed by atoms with Crippen LogP contribution in [0.15, 0.2) is 35.3 Å². The maximum Gasteiger partial charge on any atom is 0.275 e. The fourth-order valence-corrected chi connectivity index (χ4v) is 3.71. The normalized spacial score (nSPS) is 16.5. The molecule has 3 aromatic heterocycles. The number of hydrogen-bond donors (Lipinski definition) is 0. The molecule has 0 aromatic carbocycles. The van der Waals surface area contributed by atoms with Crippen LogP contribution in [0.4, 0.5) is 0 Å². The predicted molar refractivity (Wildman–Crippen MR) is 94.8 cm³/mol. The molecular weight excluding hydrogens is 302 g/mol. The quantitative estimate of drug-likeness (QED) is 0.689. The third-order valence-corrected chi connectivity index (χ3v) is 4.97. The van der Waals surface area contributed by atoms with Crippen LogP contribution in [0.5, 0.6) is 5.88 Å². The number of aromatic nitrogens is 3. The zero-order chi connectivity index (χ0) is 16.5. The van der Waals surface area contributed by atoms with E-state index in [-0.39, 0.29) is 11.7 Å². The lowest BCUT2D eigenvalue weighted by Gasteiger charge is -2.17. The van der Waals surface area contributed by atoms with Gasteiger partial charge in [0.25, 0.3) is 5.56 Å². The van der Waals surface area contributed by atoms with Crippen molar-refractivity contribution in [1.82, 2.24) is 14.0 Å². The molecule has 0 bridgehead atoms. The van der Waals surface area contributed by atoms with E-state index in [9.17, 15) is 4.79 Å². The van der Waals surface area contributed by atoms with Crippen LogP contribution in [0.3, 0.4) is 0 Å². The second-order valence-electron chi connectivity index (χ2n) is 6.54. The van der Waals surface area contributed by atoms with E-state index >= 15 is 0 Å². The number of nitrogens with zero attached hydrogens (tertiary/aromatic N) is 3. The Bertz CT molecular complexity index is 917. The van der Waals surface area contributed by atoms with Crippen LogP contribution >= 0.6 is 0 Å². The second kappa shape index (κ2) is 6.30. The van der Waals surface area contributed by atoms with E-state index in [4.69, 9.17) is 9.72 Å². The molecule has 5 nitrogen and oxygen atoms in total. The maximum absolute atomic E-state index is 12.6. The van der Waals surface area contributed by atoms with Crippen molar-refractivity contribution >= 4 is 16.7 Å². The van der Waals surface area contributed by atoms with Gasteiger partial charge in [0.15, 0.2) is 5.65 Å². The van der Waals surface area contributed by atoms with Crippen LogP contribution in [0.1, 0.15) is 45.4 Å². The molecule has 126 valence electrons. The first-order chi connectivity index (χ1) is 11.8. The van der Waals surface area contributed by atoms with Crippen molar-refractivity contribution in [2.45, 2.75) is 58.1 Å². The van der Waals surface area contributed by atoms with E-state index < -0.39 is 0 Å². The van der Waals surface area contributed by atoms with Gasteiger partial charge in [0, 0.05) is 18.8 Å². The summed E-state index contributed by atoms with van der Waals surface area (Å²) in [5.74, 6) is 0.658. The Morgan fingerprint density at radius 1 is 1.12 bits per heavy atom. The molecule has 0 amide bonds. The van der Waals surface area contributed by atoms with Gasteiger partial charge in [0.1, 0.15) is 11.6 Å². The van der Waals surface area contributed by atoms with Crippen LogP contribution in [0, 0.1) is 0 Å². The Balaban J connectivity index is 1.79. The van der Waals surface area contributed by atoms with Crippen molar-refractivity contribution in [2.75, 3.05) is 0 Å². The molecule has 0 aliphatic heterocycles. The summed E-state index contributed by atoms with van der Waals surface area (Å²) < 4.78 is 9.80. The molecule has 1 fully saturated rings. The summed E-state index contributed by atoms with van der Waals surface area (Å²) in [4.78, 5) is 17.3. The summed E-state index contributed by atoms with van der Waals surface area (Å²) in [7, 11) is 0. The molecule has 0 spiro atoms. The lowest BCUT2D eigenvalue weighted by molar-refractivity contribution is 0.176. The molecule has 0 radical (unpaired) electrons. The van der Waals surface area contributed by atoms with E-state index in [2.05, 4.69) is 0 Å². The van der Waals surface area contributed by atoms with E-state index in [0.29, 0.717) is 17.9 Å². The summed E-state index contributed by atoms with van der Waals surface area (Å²) >= 11 is 0. The Morgan fingerprint density at radius 2 is 1.92 bits per heavy atom. The van der Waals surface area contributed by atoms with Crippen LogP contribution in [-0.4, -0.2) is 20.1 Å². The number of hydrogen-bond acceptors (Lipinski definition) is 3. The minimum absolute atomic E-state index is 0.0224. The lowest BCUT2D eigenvalue weighted by atomic mass is 10.1. The van der Waals surface area contributed by atoms with Gasteiger partial charge in [0.05, 0.1) is 5.52 Å². The molecule has 3 aromatic rings. The highest BCUT2D eigenvalue weighted by Gasteiger charge is 2.16. The molecule has 0 saturated heterocycles. The largest absolute Gasteiger partial charge is 0.474 e. The Kier molecular flexibility index (Phi) is 4.00. The van der Waals surface area contributed by atoms with Gasteiger partial charge in [-0.3, -0.25) is 9.20 Å². The molecule has 0 N–H and O–H groups in total. The molecule has 1 aliphatic carbocycles. The van der Waals surface area contributed by atoms with Crippen molar-refractivity contribution in [2.24, 2.45) is 0 Å². The van der Waals surface area contributed by atoms with Crippen LogP contribution in [0.2, 0.25) is 0 Å². The summed E-state index contributed by atoms with van der Waals surface area (Å²) in [6, 6.07) is 7.58. The summed E-state index contributed by atoms with van der Waals surface area (Å²) in [6.45, 7) is 2.61. The highest BCUT2D eigenvalue weighted by Crippen LogP contribution is 2.23. The lowest BCUT2D eigenvalue weighted by Crippen LogP contribution is -2.22. The van der Waals surface area contributed by atoms with Gasteiger partial charge in [-0.2, -0.15) is 4.98 Å². The fourth-order valence-electron chi connectivity index (χ4n) is 3.71. The van der Waals surface area contributed by atoms with Gasteiger partial charge in [-0.25, -0.2) is 0 Å². The predicted octanol–water partition coefficient (Wildman–Crippen LogP) is 3.77. The number of fused-ring (bicyclic) bond motifs is 3. The molecule has 3 heterocycles. The van der Waals surface area contributed by atoms with Gasteiger partial charge in [-0.15, -0.1) is 0 Å². The molecule has 4 rings (SSSR count). The van der Waals surface area contributed by atoms with Gasteiger partial charge in [-0.1, -0.05) is 12.8 Å². The molecule has 24 heavy (non-hydrogen) atoms. The third-order valence-electron chi connectivity index (χ3n) is 4.97. The monoisotopic (exact) mass is 325 g/mol. The first-order valence-electron chi connectivity index (χ1n) is 8.95. The Morgan fingerprint density at radius 3 is 2.67 bits per heavy atom. The van der Waals surface area contributed by atoms with Crippen LogP contribution < -0.4 is 10.3 Å². The number of aryl methyl sites for hydroxylation is 1. The third kappa shape index (κ3) is 2.58. The number of ether oxygens (including phenoxy) is 1. The molecule has 0 atom stereocenters. The molecule has 1 aliphatic rings. The number of pyridine rings is 1. The average molecular weight is 325 g/mol.